The number of amides is 1. The second-order valence-electron chi connectivity index (χ2n) is 6.45. The number of hydrogen-bond donors (Lipinski definition) is 3. The third-order valence-electron chi connectivity index (χ3n) is 4.56. The van der Waals surface area contributed by atoms with Gasteiger partial charge in [-0.15, -0.1) is 11.3 Å². The summed E-state index contributed by atoms with van der Waals surface area (Å²) in [6, 6.07) is 16.2. The van der Waals surface area contributed by atoms with Crippen molar-refractivity contribution in [3.05, 3.63) is 77.4 Å². The molecule has 0 fully saturated rings. The van der Waals surface area contributed by atoms with Gasteiger partial charge in [0.2, 0.25) is 0 Å². The van der Waals surface area contributed by atoms with Gasteiger partial charge < -0.3 is 15.7 Å². The number of thiophene rings is 1. The SMILES string of the molecule is O=C(O)c1ccccc1C(=O)NCCNc1ncnc2scc(-c3ccccc3)c12. The lowest BCUT2D eigenvalue weighted by molar-refractivity contribution is 0.0691. The Kier molecular flexibility index (Phi) is 5.67. The molecule has 150 valence electrons. The van der Waals surface area contributed by atoms with Gasteiger partial charge in [-0.1, -0.05) is 42.5 Å². The number of nitrogens with one attached hydrogen (secondary N) is 2. The van der Waals surface area contributed by atoms with E-state index in [1.165, 1.54) is 18.5 Å². The molecule has 4 aromatic rings. The zero-order valence-corrected chi connectivity index (χ0v) is 16.6. The van der Waals surface area contributed by atoms with Crippen molar-refractivity contribution in [1.82, 2.24) is 15.3 Å². The van der Waals surface area contributed by atoms with Crippen molar-refractivity contribution in [3.63, 3.8) is 0 Å². The molecule has 0 aliphatic carbocycles. The Balaban J connectivity index is 1.46. The van der Waals surface area contributed by atoms with Crippen LogP contribution in [0, 0.1) is 0 Å². The summed E-state index contributed by atoms with van der Waals surface area (Å²) in [5.41, 5.74) is 2.25. The Morgan fingerprint density at radius 3 is 2.43 bits per heavy atom. The smallest absolute Gasteiger partial charge is 0.336 e. The predicted molar refractivity (Wildman–Crippen MR) is 117 cm³/mol. The van der Waals surface area contributed by atoms with E-state index < -0.39 is 11.9 Å². The van der Waals surface area contributed by atoms with E-state index in [4.69, 9.17) is 0 Å². The Morgan fingerprint density at radius 2 is 1.67 bits per heavy atom. The summed E-state index contributed by atoms with van der Waals surface area (Å²) in [6.45, 7) is 0.736. The minimum atomic E-state index is -1.13. The molecule has 0 unspecified atom stereocenters. The van der Waals surface area contributed by atoms with Crippen molar-refractivity contribution >= 4 is 39.2 Å². The molecule has 3 N–H and O–H groups in total. The van der Waals surface area contributed by atoms with Crippen LogP contribution in [0.5, 0.6) is 0 Å². The molecule has 2 aromatic carbocycles. The zero-order chi connectivity index (χ0) is 20.9. The molecule has 0 aliphatic heterocycles. The lowest BCUT2D eigenvalue weighted by Gasteiger charge is -2.10. The lowest BCUT2D eigenvalue weighted by Crippen LogP contribution is -2.30. The molecule has 0 saturated carbocycles. The van der Waals surface area contributed by atoms with E-state index in [1.54, 1.807) is 23.5 Å². The van der Waals surface area contributed by atoms with Crippen LogP contribution < -0.4 is 10.6 Å². The fraction of sp³-hybridized carbons (Fsp3) is 0.0909. The highest BCUT2D eigenvalue weighted by atomic mass is 32.1. The second kappa shape index (κ2) is 8.71. The van der Waals surface area contributed by atoms with Crippen molar-refractivity contribution in [2.75, 3.05) is 18.4 Å². The molecule has 2 heterocycles. The van der Waals surface area contributed by atoms with Crippen LogP contribution in [0.25, 0.3) is 21.3 Å². The molecule has 8 heteroatoms. The molecule has 4 rings (SSSR count). The molecule has 0 aliphatic rings. The molecule has 0 spiro atoms. The molecule has 7 nitrogen and oxygen atoms in total. The van der Waals surface area contributed by atoms with Crippen molar-refractivity contribution in [2.45, 2.75) is 0 Å². The monoisotopic (exact) mass is 418 g/mol. The average molecular weight is 418 g/mol. The van der Waals surface area contributed by atoms with E-state index in [0.717, 1.165) is 21.3 Å². The first-order chi connectivity index (χ1) is 14.6. The van der Waals surface area contributed by atoms with E-state index in [1.807, 2.05) is 30.3 Å². The number of rotatable bonds is 7. The molecule has 2 aromatic heterocycles. The maximum absolute atomic E-state index is 12.4. The van der Waals surface area contributed by atoms with Crippen LogP contribution in [0.2, 0.25) is 0 Å². The third kappa shape index (κ3) is 3.99. The first-order valence-corrected chi connectivity index (χ1v) is 10.1. The normalized spacial score (nSPS) is 10.7. The number of carbonyl (C=O) groups excluding carboxylic acids is 1. The van der Waals surface area contributed by atoms with E-state index in [-0.39, 0.29) is 11.1 Å². The zero-order valence-electron chi connectivity index (χ0n) is 15.8. The lowest BCUT2D eigenvalue weighted by atomic mass is 10.1. The molecule has 30 heavy (non-hydrogen) atoms. The number of anilines is 1. The summed E-state index contributed by atoms with van der Waals surface area (Å²) < 4.78 is 0. The van der Waals surface area contributed by atoms with Crippen LogP contribution in [0.3, 0.4) is 0 Å². The van der Waals surface area contributed by atoms with Gasteiger partial charge in [-0.05, 0) is 17.7 Å². The van der Waals surface area contributed by atoms with Gasteiger partial charge in [0.05, 0.1) is 16.5 Å². The standard InChI is InChI=1S/C22H18N4O3S/c27-20(15-8-4-5-9-16(15)22(28)29)24-11-10-23-19-18-17(14-6-2-1-3-7-14)12-30-21(18)26-13-25-19/h1-9,12-13H,10-11H2,(H,24,27)(H,28,29)(H,23,25,26). The fourth-order valence-corrected chi connectivity index (χ4v) is 4.08. The topological polar surface area (TPSA) is 104 Å². The van der Waals surface area contributed by atoms with Crippen LogP contribution in [-0.2, 0) is 0 Å². The number of carbonyl (C=O) groups is 2. The van der Waals surface area contributed by atoms with E-state index in [0.29, 0.717) is 18.9 Å². The molecule has 0 radical (unpaired) electrons. The van der Waals surface area contributed by atoms with Crippen LogP contribution in [0.1, 0.15) is 20.7 Å². The van der Waals surface area contributed by atoms with Gasteiger partial charge in [0.1, 0.15) is 17.0 Å². The van der Waals surface area contributed by atoms with Crippen molar-refractivity contribution < 1.29 is 14.7 Å². The van der Waals surface area contributed by atoms with Gasteiger partial charge in [0, 0.05) is 24.0 Å². The average Bonchev–Trinajstić information content (AvgIpc) is 3.22. The van der Waals surface area contributed by atoms with E-state index >= 15 is 0 Å². The van der Waals surface area contributed by atoms with Crippen molar-refractivity contribution in [2.24, 2.45) is 0 Å². The number of carboxylic acid groups (broad SMARTS) is 1. The van der Waals surface area contributed by atoms with E-state index in [9.17, 15) is 14.7 Å². The molecule has 0 atom stereocenters. The first-order valence-electron chi connectivity index (χ1n) is 9.27. The molecular weight excluding hydrogens is 400 g/mol. The van der Waals surface area contributed by atoms with Crippen LogP contribution >= 0.6 is 11.3 Å². The number of hydrogen-bond acceptors (Lipinski definition) is 6. The van der Waals surface area contributed by atoms with Gasteiger partial charge >= 0.3 is 5.97 Å². The van der Waals surface area contributed by atoms with Gasteiger partial charge in [-0.2, -0.15) is 0 Å². The number of benzene rings is 2. The first kappa shape index (κ1) is 19.5. The third-order valence-corrected chi connectivity index (χ3v) is 5.45. The maximum atomic E-state index is 12.4. The van der Waals surface area contributed by atoms with Crippen molar-refractivity contribution in [1.29, 1.82) is 0 Å². The Morgan fingerprint density at radius 1 is 0.933 bits per heavy atom. The number of aromatic nitrogens is 2. The number of carboxylic acids is 1. The van der Waals surface area contributed by atoms with Gasteiger partial charge in [0.25, 0.3) is 5.91 Å². The van der Waals surface area contributed by atoms with Crippen LogP contribution in [-0.4, -0.2) is 40.0 Å². The van der Waals surface area contributed by atoms with Crippen LogP contribution in [0.4, 0.5) is 5.82 Å². The minimum absolute atomic E-state index is 0.0220. The van der Waals surface area contributed by atoms with Gasteiger partial charge in [-0.25, -0.2) is 14.8 Å². The quantitative estimate of drug-likeness (QED) is 0.393. The summed E-state index contributed by atoms with van der Waals surface area (Å²) in [5.74, 6) is -0.864. The summed E-state index contributed by atoms with van der Waals surface area (Å²) in [4.78, 5) is 33.3. The second-order valence-corrected chi connectivity index (χ2v) is 7.31. The minimum Gasteiger partial charge on any atom is -0.478 e. The summed E-state index contributed by atoms with van der Waals surface area (Å²) in [6.07, 6.45) is 1.51. The predicted octanol–water partition coefficient (Wildman–Crippen LogP) is 3.90. The Bertz CT molecular complexity index is 1210. The largest absolute Gasteiger partial charge is 0.478 e. The highest BCUT2D eigenvalue weighted by Crippen LogP contribution is 2.36. The Labute approximate surface area is 176 Å². The van der Waals surface area contributed by atoms with Gasteiger partial charge in [0.15, 0.2) is 0 Å². The van der Waals surface area contributed by atoms with Crippen molar-refractivity contribution in [3.8, 4) is 11.1 Å². The maximum Gasteiger partial charge on any atom is 0.336 e. The fourth-order valence-electron chi connectivity index (χ4n) is 3.16. The van der Waals surface area contributed by atoms with Gasteiger partial charge in [-0.3, -0.25) is 4.79 Å². The summed E-state index contributed by atoms with van der Waals surface area (Å²) in [5, 5.41) is 18.2. The molecule has 0 saturated heterocycles. The molecule has 1 amide bonds. The summed E-state index contributed by atoms with van der Waals surface area (Å²) in [7, 11) is 0. The van der Waals surface area contributed by atoms with E-state index in [2.05, 4.69) is 26.0 Å². The highest BCUT2D eigenvalue weighted by Gasteiger charge is 2.16. The summed E-state index contributed by atoms with van der Waals surface area (Å²) >= 11 is 1.55. The number of nitrogens with zero attached hydrogens (tertiary/aromatic N) is 2. The Hall–Kier alpha value is -3.78. The molecule has 0 bridgehead atoms. The van der Waals surface area contributed by atoms with Crippen LogP contribution in [0.15, 0.2) is 66.3 Å². The number of fused-ring (bicyclic) bond motifs is 1. The molecular formula is C22H18N4O3S. The number of aromatic carboxylic acids is 1. The highest BCUT2D eigenvalue weighted by molar-refractivity contribution is 7.17.